The van der Waals surface area contributed by atoms with Crippen molar-refractivity contribution < 1.29 is 9.53 Å². The van der Waals surface area contributed by atoms with Crippen LogP contribution in [-0.2, 0) is 15.1 Å². The fourth-order valence-corrected chi connectivity index (χ4v) is 3.25. The van der Waals surface area contributed by atoms with Crippen molar-refractivity contribution in [1.29, 1.82) is 0 Å². The van der Waals surface area contributed by atoms with Gasteiger partial charge in [-0.25, -0.2) is 0 Å². The molecule has 0 aliphatic carbocycles. The van der Waals surface area contributed by atoms with Crippen molar-refractivity contribution in [3.63, 3.8) is 0 Å². The second-order valence-electron chi connectivity index (χ2n) is 5.72. The molecule has 3 rings (SSSR count). The minimum atomic E-state index is -1.09. The molecule has 0 unspecified atom stereocenters. The van der Waals surface area contributed by atoms with E-state index < -0.39 is 5.60 Å². The van der Waals surface area contributed by atoms with Gasteiger partial charge in [0.15, 0.2) is 5.60 Å². The molecule has 0 fully saturated rings. The van der Waals surface area contributed by atoms with Crippen LogP contribution < -0.4 is 0 Å². The number of rotatable bonds is 5. The highest BCUT2D eigenvalue weighted by Gasteiger charge is 2.41. The van der Waals surface area contributed by atoms with Crippen LogP contribution in [0.3, 0.4) is 0 Å². The molecule has 0 saturated carbocycles. The lowest BCUT2D eigenvalue weighted by Gasteiger charge is -2.35. The van der Waals surface area contributed by atoms with Crippen molar-refractivity contribution in [3.05, 3.63) is 107 Å². The van der Waals surface area contributed by atoms with Crippen LogP contribution in [0.25, 0.3) is 0 Å². The van der Waals surface area contributed by atoms with Gasteiger partial charge in [0, 0.05) is 28.1 Å². The van der Waals surface area contributed by atoms with Crippen LogP contribution in [-0.4, -0.2) is 5.97 Å². The van der Waals surface area contributed by atoms with Crippen LogP contribution in [0, 0.1) is 0 Å². The summed E-state index contributed by atoms with van der Waals surface area (Å²) in [6.07, 6.45) is 0.284. The third-order valence-electron chi connectivity index (χ3n) is 4.17. The number of halogens is 1. The maximum atomic E-state index is 12.4. The molecule has 0 heterocycles. The largest absolute Gasteiger partial charge is 0.444 e. The van der Waals surface area contributed by atoms with Gasteiger partial charge in [-0.3, -0.25) is 4.79 Å². The van der Waals surface area contributed by atoms with E-state index in [0.29, 0.717) is 5.02 Å². The van der Waals surface area contributed by atoms with E-state index in [1.165, 1.54) is 0 Å². The molecule has 0 aromatic heterocycles. The molecule has 0 spiro atoms. The Labute approximate surface area is 153 Å². The number of ether oxygens (including phenoxy) is 1. The van der Waals surface area contributed by atoms with Crippen LogP contribution in [0.1, 0.15) is 30.0 Å². The molecule has 0 N–H and O–H groups in total. The highest BCUT2D eigenvalue weighted by atomic mass is 35.5. The minimum absolute atomic E-state index is 0.284. The third kappa shape index (κ3) is 3.31. The van der Waals surface area contributed by atoms with Gasteiger partial charge in [0.1, 0.15) is 0 Å². The Morgan fingerprint density at radius 2 is 1.32 bits per heavy atom. The van der Waals surface area contributed by atoms with Crippen molar-refractivity contribution in [3.8, 4) is 0 Å². The van der Waals surface area contributed by atoms with Gasteiger partial charge in [0.05, 0.1) is 0 Å². The molecular formula is C22H19ClO2. The molecular weight excluding hydrogens is 332 g/mol. The number of carbonyl (C=O) groups is 1. The number of hydrogen-bond acceptors (Lipinski definition) is 2. The fourth-order valence-electron chi connectivity index (χ4n) is 2.99. The smallest absolute Gasteiger partial charge is 0.307 e. The van der Waals surface area contributed by atoms with Crippen molar-refractivity contribution in [2.24, 2.45) is 0 Å². The topological polar surface area (TPSA) is 26.3 Å². The predicted molar refractivity (Wildman–Crippen MR) is 101 cm³/mol. The van der Waals surface area contributed by atoms with Crippen LogP contribution in [0.5, 0.6) is 0 Å². The van der Waals surface area contributed by atoms with Crippen molar-refractivity contribution in [2.45, 2.75) is 18.9 Å². The Hall–Kier alpha value is -2.58. The Morgan fingerprint density at radius 3 is 1.80 bits per heavy atom. The van der Waals surface area contributed by atoms with Gasteiger partial charge in [0.2, 0.25) is 0 Å². The van der Waals surface area contributed by atoms with Crippen LogP contribution in [0.15, 0.2) is 84.9 Å². The second kappa shape index (κ2) is 7.54. The molecule has 2 nitrogen and oxygen atoms in total. The van der Waals surface area contributed by atoms with Crippen LogP contribution in [0.2, 0.25) is 5.02 Å². The SMILES string of the molecule is CCC(=O)OC(c1ccccc1)(c1ccccc1)c1ccccc1Cl. The molecule has 0 bridgehead atoms. The number of benzene rings is 3. The maximum absolute atomic E-state index is 12.4. The van der Waals surface area contributed by atoms with Crippen molar-refractivity contribution in [2.75, 3.05) is 0 Å². The monoisotopic (exact) mass is 350 g/mol. The van der Waals surface area contributed by atoms with E-state index in [0.717, 1.165) is 16.7 Å². The summed E-state index contributed by atoms with van der Waals surface area (Å²) in [6, 6.07) is 26.9. The highest BCUT2D eigenvalue weighted by molar-refractivity contribution is 6.31. The first-order valence-corrected chi connectivity index (χ1v) is 8.64. The number of esters is 1. The summed E-state index contributed by atoms with van der Waals surface area (Å²) in [6.45, 7) is 1.79. The zero-order valence-corrected chi connectivity index (χ0v) is 14.7. The van der Waals surface area contributed by atoms with Gasteiger partial charge in [-0.15, -0.1) is 0 Å². The predicted octanol–water partition coefficient (Wildman–Crippen LogP) is 5.59. The van der Waals surface area contributed by atoms with Crippen LogP contribution in [0.4, 0.5) is 0 Å². The Balaban J connectivity index is 2.35. The van der Waals surface area contributed by atoms with Gasteiger partial charge >= 0.3 is 5.97 Å². The summed E-state index contributed by atoms with van der Waals surface area (Å²) in [4.78, 5) is 12.4. The summed E-state index contributed by atoms with van der Waals surface area (Å²) in [5.74, 6) is -0.285. The minimum Gasteiger partial charge on any atom is -0.444 e. The molecule has 0 amide bonds. The standard InChI is InChI=1S/C22H19ClO2/c1-2-21(24)25-22(17-11-5-3-6-12-17,18-13-7-4-8-14-18)19-15-9-10-16-20(19)23/h3-16H,2H2,1H3. The first-order chi connectivity index (χ1) is 12.2. The summed E-state index contributed by atoms with van der Waals surface area (Å²) in [7, 11) is 0. The summed E-state index contributed by atoms with van der Waals surface area (Å²) in [5.41, 5.74) is 1.37. The lowest BCUT2D eigenvalue weighted by atomic mass is 9.80. The van der Waals surface area contributed by atoms with E-state index in [-0.39, 0.29) is 12.4 Å². The lowest BCUT2D eigenvalue weighted by Crippen LogP contribution is -2.35. The molecule has 0 aliphatic heterocycles. The summed E-state index contributed by atoms with van der Waals surface area (Å²) < 4.78 is 6.10. The Kier molecular flexibility index (Phi) is 5.20. The molecule has 0 aliphatic rings. The van der Waals surface area contributed by atoms with E-state index in [1.54, 1.807) is 6.92 Å². The molecule has 0 atom stereocenters. The Morgan fingerprint density at radius 1 is 0.840 bits per heavy atom. The van der Waals surface area contributed by atoms with Crippen LogP contribution >= 0.6 is 11.6 Å². The van der Waals surface area contributed by atoms with Gasteiger partial charge in [-0.2, -0.15) is 0 Å². The number of carbonyl (C=O) groups excluding carboxylic acids is 1. The first-order valence-electron chi connectivity index (χ1n) is 8.26. The average Bonchev–Trinajstić information content (AvgIpc) is 2.68. The van der Waals surface area contributed by atoms with E-state index in [2.05, 4.69) is 0 Å². The van der Waals surface area contributed by atoms with Gasteiger partial charge in [-0.05, 0) is 6.07 Å². The normalized spacial score (nSPS) is 11.1. The number of hydrogen-bond donors (Lipinski definition) is 0. The van der Waals surface area contributed by atoms with Gasteiger partial charge < -0.3 is 4.74 Å². The highest BCUT2D eigenvalue weighted by Crippen LogP contribution is 2.43. The van der Waals surface area contributed by atoms with E-state index in [1.807, 2.05) is 84.9 Å². The van der Waals surface area contributed by atoms with Gasteiger partial charge in [-0.1, -0.05) is 97.4 Å². The van der Waals surface area contributed by atoms with Crippen molar-refractivity contribution in [1.82, 2.24) is 0 Å². The second-order valence-corrected chi connectivity index (χ2v) is 6.13. The quantitative estimate of drug-likeness (QED) is 0.443. The third-order valence-corrected chi connectivity index (χ3v) is 4.50. The van der Waals surface area contributed by atoms with Gasteiger partial charge in [0.25, 0.3) is 0 Å². The summed E-state index contributed by atoms with van der Waals surface area (Å²) >= 11 is 6.54. The molecule has 0 radical (unpaired) electrons. The average molecular weight is 351 g/mol. The zero-order valence-electron chi connectivity index (χ0n) is 14.0. The molecule has 3 heteroatoms. The first kappa shape index (κ1) is 17.2. The van der Waals surface area contributed by atoms with Crippen molar-refractivity contribution >= 4 is 17.6 Å². The summed E-state index contributed by atoms with van der Waals surface area (Å²) in [5, 5.41) is 0.555. The molecule has 126 valence electrons. The zero-order chi connectivity index (χ0) is 17.7. The lowest BCUT2D eigenvalue weighted by molar-refractivity contribution is -0.153. The molecule has 3 aromatic carbocycles. The Bertz CT molecular complexity index is 805. The fraction of sp³-hybridized carbons (Fsp3) is 0.136. The van der Waals surface area contributed by atoms with E-state index in [4.69, 9.17) is 16.3 Å². The molecule has 25 heavy (non-hydrogen) atoms. The van der Waals surface area contributed by atoms with E-state index >= 15 is 0 Å². The maximum Gasteiger partial charge on any atom is 0.307 e. The molecule has 0 saturated heterocycles. The molecule has 3 aromatic rings. The van der Waals surface area contributed by atoms with E-state index in [9.17, 15) is 4.79 Å².